The minimum Gasteiger partial charge on any atom is -0.494 e. The average Bonchev–Trinajstić information content (AvgIpc) is 2.39. The van der Waals surface area contributed by atoms with E-state index in [1.807, 2.05) is 43.0 Å². The van der Waals surface area contributed by atoms with Gasteiger partial charge in [0.05, 0.1) is 19.3 Å². The van der Waals surface area contributed by atoms with E-state index in [9.17, 15) is 4.79 Å². The smallest absolute Gasteiger partial charge is 0.254 e. The van der Waals surface area contributed by atoms with Gasteiger partial charge in [-0.2, -0.15) is 0 Å². The maximum atomic E-state index is 12.2. The van der Waals surface area contributed by atoms with E-state index in [-0.39, 0.29) is 12.0 Å². The largest absolute Gasteiger partial charge is 0.494 e. The van der Waals surface area contributed by atoms with Gasteiger partial charge in [-0.25, -0.2) is 0 Å². The summed E-state index contributed by atoms with van der Waals surface area (Å²) in [6, 6.07) is 7.29. The second kappa shape index (κ2) is 5.87. The fraction of sp³-hybridized carbons (Fsp3) is 0.500. The highest BCUT2D eigenvalue weighted by atomic mass is 16.5. The molecule has 1 aromatic carbocycles. The maximum Gasteiger partial charge on any atom is 0.254 e. The lowest BCUT2D eigenvalue weighted by molar-refractivity contribution is -0.0124. The number of nitrogens with zero attached hydrogens (tertiary/aromatic N) is 1. The molecule has 1 unspecified atom stereocenters. The van der Waals surface area contributed by atoms with Crippen LogP contribution in [0.25, 0.3) is 0 Å². The zero-order valence-electron chi connectivity index (χ0n) is 10.9. The van der Waals surface area contributed by atoms with Crippen LogP contribution in [0.1, 0.15) is 24.2 Å². The predicted octanol–water partition coefficient (Wildman–Crippen LogP) is 1.95. The van der Waals surface area contributed by atoms with Gasteiger partial charge in [-0.15, -0.1) is 0 Å². The molecule has 0 aliphatic carbocycles. The second-order valence-corrected chi connectivity index (χ2v) is 4.39. The molecule has 1 aliphatic rings. The molecule has 1 fully saturated rings. The molecule has 18 heavy (non-hydrogen) atoms. The van der Waals surface area contributed by atoms with Gasteiger partial charge in [0.1, 0.15) is 5.75 Å². The molecule has 1 aliphatic heterocycles. The van der Waals surface area contributed by atoms with E-state index in [4.69, 9.17) is 9.47 Å². The van der Waals surface area contributed by atoms with E-state index in [2.05, 4.69) is 0 Å². The van der Waals surface area contributed by atoms with Gasteiger partial charge in [0.2, 0.25) is 0 Å². The van der Waals surface area contributed by atoms with Gasteiger partial charge in [0, 0.05) is 18.7 Å². The molecular formula is C14H19NO3. The SMILES string of the molecule is CCOc1ccc(C(=O)N2CCOC(C)C2)cc1. The molecule has 1 amide bonds. The van der Waals surface area contributed by atoms with Crippen molar-refractivity contribution in [2.45, 2.75) is 20.0 Å². The minimum absolute atomic E-state index is 0.0631. The zero-order chi connectivity index (χ0) is 13.0. The highest BCUT2D eigenvalue weighted by molar-refractivity contribution is 5.94. The van der Waals surface area contributed by atoms with E-state index in [1.54, 1.807) is 0 Å². The highest BCUT2D eigenvalue weighted by Crippen LogP contribution is 2.15. The van der Waals surface area contributed by atoms with Gasteiger partial charge < -0.3 is 14.4 Å². The Hall–Kier alpha value is -1.55. The van der Waals surface area contributed by atoms with Crippen molar-refractivity contribution in [1.82, 2.24) is 4.90 Å². The molecule has 0 bridgehead atoms. The molecule has 1 atom stereocenters. The first-order chi connectivity index (χ1) is 8.70. The minimum atomic E-state index is 0.0631. The van der Waals surface area contributed by atoms with Crippen molar-refractivity contribution in [2.75, 3.05) is 26.3 Å². The van der Waals surface area contributed by atoms with Crippen LogP contribution in [0.3, 0.4) is 0 Å². The van der Waals surface area contributed by atoms with Gasteiger partial charge in [0.15, 0.2) is 0 Å². The van der Waals surface area contributed by atoms with Crippen LogP contribution in [0.5, 0.6) is 5.75 Å². The molecule has 0 saturated carbocycles. The van der Waals surface area contributed by atoms with Crippen LogP contribution < -0.4 is 4.74 Å². The number of benzene rings is 1. The molecule has 1 heterocycles. The Labute approximate surface area is 107 Å². The molecule has 98 valence electrons. The number of morpholine rings is 1. The molecule has 1 aromatic rings. The Morgan fingerprint density at radius 1 is 1.44 bits per heavy atom. The van der Waals surface area contributed by atoms with Gasteiger partial charge in [0.25, 0.3) is 5.91 Å². The molecule has 4 nitrogen and oxygen atoms in total. The lowest BCUT2D eigenvalue weighted by Crippen LogP contribution is -2.44. The van der Waals surface area contributed by atoms with Crippen LogP contribution in [0.15, 0.2) is 24.3 Å². The van der Waals surface area contributed by atoms with Crippen molar-refractivity contribution in [3.05, 3.63) is 29.8 Å². The van der Waals surface area contributed by atoms with E-state index in [0.717, 1.165) is 5.75 Å². The van der Waals surface area contributed by atoms with E-state index >= 15 is 0 Å². The van der Waals surface area contributed by atoms with Crippen molar-refractivity contribution in [1.29, 1.82) is 0 Å². The lowest BCUT2D eigenvalue weighted by Gasteiger charge is -2.31. The van der Waals surface area contributed by atoms with Gasteiger partial charge in [-0.1, -0.05) is 0 Å². The Morgan fingerprint density at radius 3 is 2.78 bits per heavy atom. The van der Waals surface area contributed by atoms with Crippen molar-refractivity contribution in [2.24, 2.45) is 0 Å². The monoisotopic (exact) mass is 249 g/mol. The highest BCUT2D eigenvalue weighted by Gasteiger charge is 2.22. The van der Waals surface area contributed by atoms with E-state index < -0.39 is 0 Å². The van der Waals surface area contributed by atoms with Crippen molar-refractivity contribution in [3.8, 4) is 5.75 Å². The molecule has 0 aromatic heterocycles. The Kier molecular flexibility index (Phi) is 4.20. The Balaban J connectivity index is 2.03. The summed E-state index contributed by atoms with van der Waals surface area (Å²) in [7, 11) is 0. The van der Waals surface area contributed by atoms with Crippen LogP contribution >= 0.6 is 0 Å². The predicted molar refractivity (Wildman–Crippen MR) is 68.9 cm³/mol. The number of carbonyl (C=O) groups excluding carboxylic acids is 1. The van der Waals surface area contributed by atoms with Gasteiger partial charge in [-0.05, 0) is 38.1 Å². The molecule has 2 rings (SSSR count). The summed E-state index contributed by atoms with van der Waals surface area (Å²) in [5, 5.41) is 0. The van der Waals surface area contributed by atoms with Crippen LogP contribution in [0, 0.1) is 0 Å². The topological polar surface area (TPSA) is 38.8 Å². The normalized spacial score (nSPS) is 19.7. The average molecular weight is 249 g/mol. The molecule has 4 heteroatoms. The Bertz CT molecular complexity index is 402. The third-order valence-corrected chi connectivity index (χ3v) is 2.94. The van der Waals surface area contributed by atoms with E-state index in [1.165, 1.54) is 0 Å². The van der Waals surface area contributed by atoms with Crippen molar-refractivity contribution >= 4 is 5.91 Å². The van der Waals surface area contributed by atoms with Crippen LogP contribution in [0.2, 0.25) is 0 Å². The molecular weight excluding hydrogens is 230 g/mol. The van der Waals surface area contributed by atoms with Gasteiger partial charge in [-0.3, -0.25) is 4.79 Å². The first-order valence-electron chi connectivity index (χ1n) is 6.34. The second-order valence-electron chi connectivity index (χ2n) is 4.39. The summed E-state index contributed by atoms with van der Waals surface area (Å²) in [4.78, 5) is 14.1. The number of hydrogen-bond acceptors (Lipinski definition) is 3. The summed E-state index contributed by atoms with van der Waals surface area (Å²) in [5.74, 6) is 0.859. The summed E-state index contributed by atoms with van der Waals surface area (Å²) in [5.41, 5.74) is 0.701. The maximum absolute atomic E-state index is 12.2. The fourth-order valence-corrected chi connectivity index (χ4v) is 2.05. The van der Waals surface area contributed by atoms with Crippen LogP contribution in [-0.2, 0) is 4.74 Å². The molecule has 0 N–H and O–H groups in total. The standard InChI is InChI=1S/C14H19NO3/c1-3-17-13-6-4-12(5-7-13)14(16)15-8-9-18-11(2)10-15/h4-7,11H,3,8-10H2,1-2H3. The number of rotatable bonds is 3. The van der Waals surface area contributed by atoms with Crippen molar-refractivity contribution in [3.63, 3.8) is 0 Å². The molecule has 0 spiro atoms. The summed E-state index contributed by atoms with van der Waals surface area (Å²) in [6.45, 7) is 6.49. The van der Waals surface area contributed by atoms with Crippen LogP contribution in [0.4, 0.5) is 0 Å². The lowest BCUT2D eigenvalue weighted by atomic mass is 10.1. The van der Waals surface area contributed by atoms with Crippen molar-refractivity contribution < 1.29 is 14.3 Å². The third-order valence-electron chi connectivity index (χ3n) is 2.94. The Morgan fingerprint density at radius 2 is 2.17 bits per heavy atom. The summed E-state index contributed by atoms with van der Waals surface area (Å²) >= 11 is 0. The number of hydrogen-bond donors (Lipinski definition) is 0. The number of carbonyl (C=O) groups is 1. The van der Waals surface area contributed by atoms with Crippen LogP contribution in [-0.4, -0.2) is 43.2 Å². The first-order valence-corrected chi connectivity index (χ1v) is 6.34. The number of amides is 1. The zero-order valence-corrected chi connectivity index (χ0v) is 10.9. The third kappa shape index (κ3) is 3.01. The molecule has 1 saturated heterocycles. The fourth-order valence-electron chi connectivity index (χ4n) is 2.05. The first kappa shape index (κ1) is 12.9. The summed E-state index contributed by atoms with van der Waals surface area (Å²) in [6.07, 6.45) is 0.116. The summed E-state index contributed by atoms with van der Waals surface area (Å²) < 4.78 is 10.8. The van der Waals surface area contributed by atoms with E-state index in [0.29, 0.717) is 31.9 Å². The quantitative estimate of drug-likeness (QED) is 0.822. The molecule has 0 radical (unpaired) electrons. The number of ether oxygens (including phenoxy) is 2. The van der Waals surface area contributed by atoms with Gasteiger partial charge >= 0.3 is 0 Å².